The van der Waals surface area contributed by atoms with Gasteiger partial charge in [-0.1, -0.05) is 26.8 Å². The molecule has 3 rings (SSSR count). The van der Waals surface area contributed by atoms with Gasteiger partial charge >= 0.3 is 6.03 Å². The van der Waals surface area contributed by atoms with Crippen molar-refractivity contribution in [2.45, 2.75) is 52.3 Å². The fourth-order valence-corrected chi connectivity index (χ4v) is 3.10. The predicted octanol–water partition coefficient (Wildman–Crippen LogP) is 3.68. The van der Waals surface area contributed by atoms with Gasteiger partial charge in [-0.3, -0.25) is 0 Å². The smallest absolute Gasteiger partial charge is 0.319 e. The summed E-state index contributed by atoms with van der Waals surface area (Å²) in [7, 11) is 0. The molecule has 0 radical (unpaired) electrons. The molecule has 1 aromatic heterocycles. The van der Waals surface area contributed by atoms with Gasteiger partial charge in [0.2, 0.25) is 0 Å². The number of urea groups is 1. The van der Waals surface area contributed by atoms with Crippen LogP contribution in [-0.2, 0) is 11.3 Å². The lowest BCUT2D eigenvalue weighted by atomic mass is 9.86. The van der Waals surface area contributed by atoms with Crippen molar-refractivity contribution in [3.8, 4) is 5.75 Å². The molecule has 0 spiro atoms. The molecular formula is C21H30N4O3. The van der Waals surface area contributed by atoms with Crippen LogP contribution in [0.25, 0.3) is 0 Å². The van der Waals surface area contributed by atoms with Crippen molar-refractivity contribution in [2.24, 2.45) is 5.41 Å². The van der Waals surface area contributed by atoms with Gasteiger partial charge in [0.25, 0.3) is 0 Å². The van der Waals surface area contributed by atoms with Gasteiger partial charge in [0.1, 0.15) is 12.4 Å². The minimum atomic E-state index is -0.240. The lowest BCUT2D eigenvalue weighted by molar-refractivity contribution is 0.0680. The van der Waals surface area contributed by atoms with Gasteiger partial charge < -0.3 is 24.7 Å². The third-order valence-corrected chi connectivity index (χ3v) is 4.86. The number of benzene rings is 1. The van der Waals surface area contributed by atoms with E-state index in [-0.39, 0.29) is 23.6 Å². The maximum absolute atomic E-state index is 12.6. The molecule has 0 unspecified atom stereocenters. The third-order valence-electron chi connectivity index (χ3n) is 4.86. The number of imidazole rings is 1. The highest BCUT2D eigenvalue weighted by molar-refractivity contribution is 5.89. The second kappa shape index (κ2) is 9.10. The standard InChI is InChI=1S/C21H30N4O3/c1-21(2,3)19(13-25-10-9-22-15-25)24-20(26)23-16-6-4-7-17(12-16)28-14-18-8-5-11-27-18/h4,6-7,9-10,12,15,18-19H,5,8,11,13-14H2,1-3H3,(H2,23,24,26)/t18-,19-/m0/s1. The zero-order valence-corrected chi connectivity index (χ0v) is 16.9. The molecule has 1 fully saturated rings. The number of hydrogen-bond acceptors (Lipinski definition) is 4. The second-order valence-electron chi connectivity index (χ2n) is 8.25. The van der Waals surface area contributed by atoms with Crippen LogP contribution in [0.15, 0.2) is 43.0 Å². The molecule has 0 bridgehead atoms. The molecule has 1 aliphatic heterocycles. The van der Waals surface area contributed by atoms with Crippen molar-refractivity contribution in [1.82, 2.24) is 14.9 Å². The monoisotopic (exact) mass is 386 g/mol. The van der Waals surface area contributed by atoms with Crippen molar-refractivity contribution in [2.75, 3.05) is 18.5 Å². The van der Waals surface area contributed by atoms with Gasteiger partial charge in [-0.25, -0.2) is 9.78 Å². The summed E-state index contributed by atoms with van der Waals surface area (Å²) in [5, 5.41) is 5.99. The van der Waals surface area contributed by atoms with Crippen molar-refractivity contribution in [3.63, 3.8) is 0 Å². The Labute approximate surface area is 166 Å². The number of aromatic nitrogens is 2. The van der Waals surface area contributed by atoms with Gasteiger partial charge in [-0.15, -0.1) is 0 Å². The fraction of sp³-hybridized carbons (Fsp3) is 0.524. The molecule has 2 amide bonds. The van der Waals surface area contributed by atoms with Gasteiger partial charge in [0.15, 0.2) is 0 Å². The molecule has 7 heteroatoms. The molecule has 2 aromatic rings. The summed E-state index contributed by atoms with van der Waals surface area (Å²) < 4.78 is 13.4. The normalized spacial score (nSPS) is 17.9. The Balaban J connectivity index is 1.55. The fourth-order valence-electron chi connectivity index (χ4n) is 3.10. The largest absolute Gasteiger partial charge is 0.491 e. The number of nitrogens with zero attached hydrogens (tertiary/aromatic N) is 2. The number of ether oxygens (including phenoxy) is 2. The summed E-state index contributed by atoms with van der Waals surface area (Å²) in [6.45, 7) is 8.31. The van der Waals surface area contributed by atoms with Gasteiger partial charge in [0.05, 0.1) is 18.5 Å². The highest BCUT2D eigenvalue weighted by Gasteiger charge is 2.26. The number of nitrogens with one attached hydrogen (secondary N) is 2. The van der Waals surface area contributed by atoms with Gasteiger partial charge in [0, 0.05) is 37.3 Å². The minimum Gasteiger partial charge on any atom is -0.491 e. The van der Waals surface area contributed by atoms with Gasteiger partial charge in [-0.2, -0.15) is 0 Å². The molecule has 2 heterocycles. The molecule has 1 aromatic carbocycles. The van der Waals surface area contributed by atoms with Crippen molar-refractivity contribution < 1.29 is 14.3 Å². The molecule has 152 valence electrons. The molecule has 0 aliphatic carbocycles. The Morgan fingerprint density at radius 1 is 1.43 bits per heavy atom. The zero-order chi connectivity index (χ0) is 20.0. The van der Waals surface area contributed by atoms with Crippen LogP contribution in [-0.4, -0.2) is 40.9 Å². The summed E-state index contributed by atoms with van der Waals surface area (Å²) in [5.41, 5.74) is 0.589. The Hall–Kier alpha value is -2.54. The van der Waals surface area contributed by atoms with E-state index >= 15 is 0 Å². The average molecular weight is 386 g/mol. The number of hydrogen-bond donors (Lipinski definition) is 2. The Morgan fingerprint density at radius 2 is 2.29 bits per heavy atom. The first-order valence-electron chi connectivity index (χ1n) is 9.78. The van der Waals surface area contributed by atoms with Crippen LogP contribution in [0.4, 0.5) is 10.5 Å². The molecule has 1 aliphatic rings. The number of carbonyl (C=O) groups excluding carboxylic acids is 1. The summed E-state index contributed by atoms with van der Waals surface area (Å²) in [6, 6.07) is 7.14. The topological polar surface area (TPSA) is 77.4 Å². The number of carbonyl (C=O) groups is 1. The SMILES string of the molecule is CC(C)(C)[C@H](Cn1ccnc1)NC(=O)Nc1cccc(OC[C@@H]2CCCO2)c1. The van der Waals surface area contributed by atoms with Crippen molar-refractivity contribution in [3.05, 3.63) is 43.0 Å². The third kappa shape index (κ3) is 5.99. The maximum Gasteiger partial charge on any atom is 0.319 e. The molecule has 2 N–H and O–H groups in total. The van der Waals surface area contributed by atoms with E-state index < -0.39 is 0 Å². The average Bonchev–Trinajstić information content (AvgIpc) is 3.33. The van der Waals surface area contributed by atoms with E-state index in [9.17, 15) is 4.79 Å². The maximum atomic E-state index is 12.6. The van der Waals surface area contributed by atoms with E-state index in [1.165, 1.54) is 0 Å². The van der Waals surface area contributed by atoms with E-state index in [1.807, 2.05) is 35.0 Å². The number of anilines is 1. The van der Waals surface area contributed by atoms with Crippen LogP contribution < -0.4 is 15.4 Å². The lowest BCUT2D eigenvalue weighted by Gasteiger charge is -2.31. The molecule has 0 saturated carbocycles. The predicted molar refractivity (Wildman–Crippen MR) is 109 cm³/mol. The summed E-state index contributed by atoms with van der Waals surface area (Å²) >= 11 is 0. The van der Waals surface area contributed by atoms with Crippen LogP contribution in [0.3, 0.4) is 0 Å². The first-order valence-corrected chi connectivity index (χ1v) is 9.78. The first kappa shape index (κ1) is 20.2. The van der Waals surface area contributed by atoms with Crippen LogP contribution >= 0.6 is 0 Å². The van der Waals surface area contributed by atoms with E-state index in [4.69, 9.17) is 9.47 Å². The van der Waals surface area contributed by atoms with Crippen LogP contribution in [0.2, 0.25) is 0 Å². The highest BCUT2D eigenvalue weighted by Crippen LogP contribution is 2.22. The lowest BCUT2D eigenvalue weighted by Crippen LogP contribution is -2.47. The van der Waals surface area contributed by atoms with Crippen LogP contribution in [0.1, 0.15) is 33.6 Å². The zero-order valence-electron chi connectivity index (χ0n) is 16.9. The number of amides is 2. The van der Waals surface area contributed by atoms with E-state index in [2.05, 4.69) is 36.4 Å². The summed E-state index contributed by atoms with van der Waals surface area (Å²) in [6.07, 6.45) is 7.67. The Morgan fingerprint density at radius 3 is 2.96 bits per heavy atom. The summed E-state index contributed by atoms with van der Waals surface area (Å²) in [4.78, 5) is 16.6. The molecule has 28 heavy (non-hydrogen) atoms. The molecule has 7 nitrogen and oxygen atoms in total. The van der Waals surface area contributed by atoms with E-state index in [1.54, 1.807) is 12.5 Å². The summed E-state index contributed by atoms with van der Waals surface area (Å²) in [5.74, 6) is 0.721. The first-order chi connectivity index (χ1) is 13.4. The minimum absolute atomic E-state index is 0.0550. The number of rotatable bonds is 7. The highest BCUT2D eigenvalue weighted by atomic mass is 16.5. The van der Waals surface area contributed by atoms with Gasteiger partial charge in [-0.05, 0) is 30.4 Å². The quantitative estimate of drug-likeness (QED) is 0.761. The van der Waals surface area contributed by atoms with Crippen LogP contribution in [0, 0.1) is 5.41 Å². The molecule has 2 atom stereocenters. The van der Waals surface area contributed by atoms with Crippen molar-refractivity contribution >= 4 is 11.7 Å². The molecular weight excluding hydrogens is 356 g/mol. The van der Waals surface area contributed by atoms with E-state index in [0.717, 1.165) is 25.2 Å². The van der Waals surface area contributed by atoms with Crippen molar-refractivity contribution in [1.29, 1.82) is 0 Å². The van der Waals surface area contributed by atoms with Crippen LogP contribution in [0.5, 0.6) is 5.75 Å². The van der Waals surface area contributed by atoms with E-state index in [0.29, 0.717) is 18.8 Å². The Bertz CT molecular complexity index is 749. The second-order valence-corrected chi connectivity index (χ2v) is 8.25. The Kier molecular flexibility index (Phi) is 6.57. The molecule has 1 saturated heterocycles.